The van der Waals surface area contributed by atoms with Gasteiger partial charge in [-0.25, -0.2) is 0 Å². The maximum absolute atomic E-state index is 7.37. The molecule has 1 aromatic carbocycles. The quantitative estimate of drug-likeness (QED) is 0.579. The topological polar surface area (TPSA) is 23.9 Å². The van der Waals surface area contributed by atoms with Crippen molar-refractivity contribution >= 4 is 28.8 Å². The second-order valence-corrected chi connectivity index (χ2v) is 3.75. The molecule has 3 heteroatoms. The SMILES string of the molecule is N=C([Se]Cl)c1ccccc1. The van der Waals surface area contributed by atoms with Gasteiger partial charge < -0.3 is 0 Å². The van der Waals surface area contributed by atoms with Crippen LogP contribution in [0.25, 0.3) is 0 Å². The molecule has 0 saturated carbocycles. The number of benzene rings is 1. The van der Waals surface area contributed by atoms with E-state index in [0.717, 1.165) is 5.56 Å². The van der Waals surface area contributed by atoms with Crippen LogP contribution in [0.1, 0.15) is 5.56 Å². The molecule has 1 rings (SSSR count). The summed E-state index contributed by atoms with van der Waals surface area (Å²) in [6.45, 7) is 0. The Balaban J connectivity index is 2.85. The summed E-state index contributed by atoms with van der Waals surface area (Å²) in [6.07, 6.45) is 0. The predicted molar refractivity (Wildman–Crippen MR) is 44.9 cm³/mol. The van der Waals surface area contributed by atoms with E-state index in [1.165, 1.54) is 0 Å². The van der Waals surface area contributed by atoms with Crippen molar-refractivity contribution in [1.82, 2.24) is 0 Å². The summed E-state index contributed by atoms with van der Waals surface area (Å²) in [7, 11) is 5.52. The van der Waals surface area contributed by atoms with Gasteiger partial charge in [0.2, 0.25) is 0 Å². The van der Waals surface area contributed by atoms with Crippen LogP contribution in [0.4, 0.5) is 0 Å². The Morgan fingerprint density at radius 2 is 1.90 bits per heavy atom. The molecule has 0 amide bonds. The average molecular weight is 219 g/mol. The summed E-state index contributed by atoms with van der Waals surface area (Å²) < 4.78 is 0.537. The fourth-order valence-electron chi connectivity index (χ4n) is 0.634. The van der Waals surface area contributed by atoms with Crippen LogP contribution in [0.2, 0.25) is 0 Å². The van der Waals surface area contributed by atoms with Crippen LogP contribution >= 0.6 is 10.1 Å². The van der Waals surface area contributed by atoms with E-state index in [1.54, 1.807) is 0 Å². The Morgan fingerprint density at radius 1 is 1.30 bits per heavy atom. The van der Waals surface area contributed by atoms with Crippen molar-refractivity contribution in [2.75, 3.05) is 0 Å². The Labute approximate surface area is 70.3 Å². The Bertz CT molecular complexity index is 222. The minimum atomic E-state index is -0.207. The van der Waals surface area contributed by atoms with Gasteiger partial charge in [0.1, 0.15) is 0 Å². The monoisotopic (exact) mass is 219 g/mol. The molecule has 52 valence electrons. The third-order valence-corrected chi connectivity index (χ3v) is 2.73. The zero-order chi connectivity index (χ0) is 7.40. The molecule has 0 aromatic heterocycles. The first-order valence-electron chi connectivity index (χ1n) is 2.77. The first-order valence-corrected chi connectivity index (χ1v) is 5.88. The summed E-state index contributed by atoms with van der Waals surface area (Å²) in [5.41, 5.74) is 0.928. The summed E-state index contributed by atoms with van der Waals surface area (Å²) in [4.78, 5) is 0. The number of hydrogen-bond donors (Lipinski definition) is 1. The summed E-state index contributed by atoms with van der Waals surface area (Å²) in [6, 6.07) is 9.54. The molecule has 0 fully saturated rings. The molecule has 0 aliphatic rings. The predicted octanol–water partition coefficient (Wildman–Crippen LogP) is 1.87. The third-order valence-electron chi connectivity index (χ3n) is 1.11. The first-order chi connectivity index (χ1) is 4.84. The third kappa shape index (κ3) is 1.84. The molecule has 1 N–H and O–H groups in total. The molecule has 0 bridgehead atoms. The van der Waals surface area contributed by atoms with E-state index in [1.807, 2.05) is 30.3 Å². The molecular formula is C7H6ClNSe. The van der Waals surface area contributed by atoms with E-state index >= 15 is 0 Å². The van der Waals surface area contributed by atoms with E-state index in [9.17, 15) is 0 Å². The van der Waals surface area contributed by atoms with E-state index in [0.29, 0.717) is 4.61 Å². The number of halogens is 1. The summed E-state index contributed by atoms with van der Waals surface area (Å²) >= 11 is -0.207. The van der Waals surface area contributed by atoms with Crippen LogP contribution in [0.3, 0.4) is 0 Å². The van der Waals surface area contributed by atoms with Crippen LogP contribution < -0.4 is 0 Å². The van der Waals surface area contributed by atoms with E-state index in [4.69, 9.17) is 15.5 Å². The summed E-state index contributed by atoms with van der Waals surface area (Å²) in [5.74, 6) is 0. The van der Waals surface area contributed by atoms with Crippen LogP contribution in [-0.2, 0) is 0 Å². The van der Waals surface area contributed by atoms with Gasteiger partial charge in [-0.15, -0.1) is 0 Å². The van der Waals surface area contributed by atoms with Crippen molar-refractivity contribution in [2.45, 2.75) is 0 Å². The molecule has 1 aromatic rings. The molecule has 0 radical (unpaired) electrons. The van der Waals surface area contributed by atoms with Crippen LogP contribution in [0, 0.1) is 5.41 Å². The van der Waals surface area contributed by atoms with Gasteiger partial charge in [-0.3, -0.25) is 0 Å². The van der Waals surface area contributed by atoms with Gasteiger partial charge in [-0.2, -0.15) is 0 Å². The molecule has 1 nitrogen and oxygen atoms in total. The van der Waals surface area contributed by atoms with Gasteiger partial charge in [-0.05, 0) is 0 Å². The molecule has 0 heterocycles. The number of rotatable bonds is 2. The fourth-order valence-corrected chi connectivity index (χ4v) is 1.57. The van der Waals surface area contributed by atoms with Crippen molar-refractivity contribution in [1.29, 1.82) is 5.41 Å². The Hall–Kier alpha value is -0.301. The number of nitrogens with one attached hydrogen (secondary N) is 1. The van der Waals surface area contributed by atoms with Crippen molar-refractivity contribution in [3.05, 3.63) is 35.9 Å². The zero-order valence-electron chi connectivity index (χ0n) is 5.17. The van der Waals surface area contributed by atoms with E-state index < -0.39 is 0 Å². The molecule has 0 aliphatic carbocycles. The Morgan fingerprint density at radius 3 is 2.40 bits per heavy atom. The van der Waals surface area contributed by atoms with Crippen molar-refractivity contribution in [3.8, 4) is 0 Å². The van der Waals surface area contributed by atoms with Gasteiger partial charge >= 0.3 is 70.1 Å². The van der Waals surface area contributed by atoms with Crippen molar-refractivity contribution in [2.24, 2.45) is 0 Å². The second-order valence-electron chi connectivity index (χ2n) is 1.77. The van der Waals surface area contributed by atoms with Crippen LogP contribution in [0.5, 0.6) is 0 Å². The zero-order valence-corrected chi connectivity index (χ0v) is 7.64. The molecule has 0 aliphatic heterocycles. The Kier molecular flexibility index (Phi) is 2.94. The second kappa shape index (κ2) is 3.77. The first kappa shape index (κ1) is 7.80. The van der Waals surface area contributed by atoms with Crippen molar-refractivity contribution < 1.29 is 0 Å². The molecule has 0 spiro atoms. The normalized spacial score (nSPS) is 9.30. The van der Waals surface area contributed by atoms with Gasteiger partial charge in [0.25, 0.3) is 0 Å². The van der Waals surface area contributed by atoms with E-state index in [-0.39, 0.29) is 14.0 Å². The van der Waals surface area contributed by atoms with Gasteiger partial charge in [-0.1, -0.05) is 0 Å². The molecule has 0 atom stereocenters. The van der Waals surface area contributed by atoms with Crippen LogP contribution in [0.15, 0.2) is 30.3 Å². The standard InChI is InChI=1S/C7H6ClNSe/c8-10-7(9)6-4-2-1-3-5-6/h1-5,9H. The summed E-state index contributed by atoms with van der Waals surface area (Å²) in [5, 5.41) is 7.37. The fraction of sp³-hybridized carbons (Fsp3) is 0. The molecule has 0 unspecified atom stereocenters. The number of hydrogen-bond acceptors (Lipinski definition) is 1. The molecule has 10 heavy (non-hydrogen) atoms. The van der Waals surface area contributed by atoms with E-state index in [2.05, 4.69) is 0 Å². The van der Waals surface area contributed by atoms with Gasteiger partial charge in [0.15, 0.2) is 0 Å². The molecular weight excluding hydrogens is 212 g/mol. The average Bonchev–Trinajstić information content (AvgIpc) is 2.05. The van der Waals surface area contributed by atoms with Crippen molar-refractivity contribution in [3.63, 3.8) is 0 Å². The van der Waals surface area contributed by atoms with Crippen LogP contribution in [-0.4, -0.2) is 18.7 Å². The maximum atomic E-state index is 7.37. The minimum absolute atomic E-state index is 0.207. The molecule has 0 saturated heterocycles. The van der Waals surface area contributed by atoms with Gasteiger partial charge in [0.05, 0.1) is 0 Å². The van der Waals surface area contributed by atoms with Gasteiger partial charge in [0, 0.05) is 0 Å².